The van der Waals surface area contributed by atoms with Crippen LogP contribution in [0.25, 0.3) is 0 Å². The Hall–Kier alpha value is -1.91. The summed E-state index contributed by atoms with van der Waals surface area (Å²) in [7, 11) is 0. The largest absolute Gasteiger partial charge is 0.288 e. The minimum Gasteiger partial charge on any atom is -0.288 e. The maximum absolute atomic E-state index is 11.3. The second kappa shape index (κ2) is 3.22. The quantitative estimate of drug-likeness (QED) is 0.622. The van der Waals surface area contributed by atoms with Crippen molar-refractivity contribution in [3.63, 3.8) is 0 Å². The van der Waals surface area contributed by atoms with Gasteiger partial charge in [-0.05, 0) is 6.07 Å². The molecular formula is C8H8N4O. The Bertz CT molecular complexity index is 335. The molecule has 1 amide bonds. The first-order valence-corrected chi connectivity index (χ1v) is 3.85. The summed E-state index contributed by atoms with van der Waals surface area (Å²) in [6, 6.07) is 3.12. The van der Waals surface area contributed by atoms with Gasteiger partial charge in [-0.25, -0.2) is 0 Å². The van der Waals surface area contributed by atoms with Crippen molar-refractivity contribution in [3.8, 4) is 0 Å². The van der Waals surface area contributed by atoms with E-state index in [9.17, 15) is 4.79 Å². The second-order valence-corrected chi connectivity index (χ2v) is 2.60. The van der Waals surface area contributed by atoms with Gasteiger partial charge in [-0.15, -0.1) is 0 Å². The van der Waals surface area contributed by atoms with Crippen LogP contribution >= 0.6 is 0 Å². The van der Waals surface area contributed by atoms with Crippen LogP contribution in [-0.2, 0) is 4.79 Å². The smallest absolute Gasteiger partial charge is 0.267 e. The number of carbonyl (C=O) groups is 1. The molecule has 2 heterocycles. The minimum absolute atomic E-state index is 0.171. The molecule has 1 aromatic heterocycles. The van der Waals surface area contributed by atoms with Crippen LogP contribution < -0.4 is 10.9 Å². The van der Waals surface area contributed by atoms with E-state index in [2.05, 4.69) is 20.8 Å². The van der Waals surface area contributed by atoms with Crippen LogP contribution in [0.1, 0.15) is 11.6 Å². The first kappa shape index (κ1) is 7.72. The zero-order chi connectivity index (χ0) is 9.10. The zero-order valence-electron chi connectivity index (χ0n) is 6.77. The number of hydrogen-bond acceptors (Lipinski definition) is 4. The molecule has 0 aliphatic carbocycles. The second-order valence-electron chi connectivity index (χ2n) is 2.60. The highest BCUT2D eigenvalue weighted by Gasteiger charge is 2.20. The first-order chi connectivity index (χ1) is 6.38. The van der Waals surface area contributed by atoms with E-state index in [1.807, 2.05) is 6.07 Å². The minimum atomic E-state index is -0.477. The molecule has 1 unspecified atom stereocenters. The molecular weight excluding hydrogens is 168 g/mol. The van der Waals surface area contributed by atoms with E-state index in [0.29, 0.717) is 0 Å². The molecule has 0 spiro atoms. The number of nitrogens with one attached hydrogen (secondary N) is 2. The number of carbonyl (C=O) groups excluding carboxylic acids is 1. The average Bonchev–Trinajstić information content (AvgIpc) is 2.20. The highest BCUT2D eigenvalue weighted by molar-refractivity contribution is 5.87. The highest BCUT2D eigenvalue weighted by atomic mass is 16.2. The summed E-state index contributed by atoms with van der Waals surface area (Å²) in [6.45, 7) is 0. The van der Waals surface area contributed by atoms with Crippen LogP contribution in [0.5, 0.6) is 0 Å². The molecule has 0 saturated heterocycles. The van der Waals surface area contributed by atoms with Gasteiger partial charge in [0.25, 0.3) is 5.91 Å². The summed E-state index contributed by atoms with van der Waals surface area (Å²) in [4.78, 5) is 19.2. The van der Waals surface area contributed by atoms with Crippen molar-refractivity contribution in [1.82, 2.24) is 15.8 Å². The summed E-state index contributed by atoms with van der Waals surface area (Å²) in [5.74, 6) is -0.171. The van der Waals surface area contributed by atoms with Gasteiger partial charge in [0.05, 0.1) is 0 Å². The van der Waals surface area contributed by atoms with Crippen LogP contribution in [0.3, 0.4) is 0 Å². The number of nitrogens with zero attached hydrogens (tertiary/aromatic N) is 2. The average molecular weight is 176 g/mol. The van der Waals surface area contributed by atoms with Crippen LogP contribution in [-0.4, -0.2) is 17.2 Å². The van der Waals surface area contributed by atoms with Crippen LogP contribution in [0.4, 0.5) is 0 Å². The predicted octanol–water partition coefficient (Wildman–Crippen LogP) is -0.215. The summed E-state index contributed by atoms with van der Waals surface area (Å²) < 4.78 is 0. The van der Waals surface area contributed by atoms with Gasteiger partial charge in [0.2, 0.25) is 0 Å². The van der Waals surface area contributed by atoms with Crippen molar-refractivity contribution in [2.45, 2.75) is 6.04 Å². The first-order valence-electron chi connectivity index (χ1n) is 3.85. The molecule has 5 heteroatoms. The molecule has 66 valence electrons. The van der Waals surface area contributed by atoms with Gasteiger partial charge in [-0.2, -0.15) is 0 Å². The van der Waals surface area contributed by atoms with E-state index < -0.39 is 6.04 Å². The van der Waals surface area contributed by atoms with Crippen molar-refractivity contribution in [2.24, 2.45) is 4.99 Å². The number of amides is 1. The van der Waals surface area contributed by atoms with Gasteiger partial charge in [-0.1, -0.05) is 6.07 Å². The van der Waals surface area contributed by atoms with E-state index in [4.69, 9.17) is 0 Å². The molecule has 1 aromatic rings. The third-order valence-electron chi connectivity index (χ3n) is 1.73. The molecule has 0 bridgehead atoms. The molecule has 0 radical (unpaired) electrons. The lowest BCUT2D eigenvalue weighted by atomic mass is 10.1. The summed E-state index contributed by atoms with van der Waals surface area (Å²) in [6.07, 6.45) is 4.75. The highest BCUT2D eigenvalue weighted by Crippen LogP contribution is 2.16. The molecule has 13 heavy (non-hydrogen) atoms. The summed E-state index contributed by atoms with van der Waals surface area (Å²) in [5, 5.41) is 0. The van der Waals surface area contributed by atoms with Gasteiger partial charge < -0.3 is 0 Å². The number of rotatable bonds is 1. The monoisotopic (exact) mass is 176 g/mol. The molecule has 0 saturated carbocycles. The van der Waals surface area contributed by atoms with Crippen molar-refractivity contribution in [3.05, 3.63) is 30.1 Å². The van der Waals surface area contributed by atoms with Crippen LogP contribution in [0, 0.1) is 0 Å². The van der Waals surface area contributed by atoms with Gasteiger partial charge in [0.15, 0.2) is 6.04 Å². The van der Waals surface area contributed by atoms with Gasteiger partial charge in [0.1, 0.15) is 6.34 Å². The number of aliphatic imine (C=N–C) groups is 1. The number of hydrazine groups is 1. The topological polar surface area (TPSA) is 66.4 Å². The SMILES string of the molecule is O=C1NNC=NC1c1cccnc1. The molecule has 1 aliphatic heterocycles. The lowest BCUT2D eigenvalue weighted by molar-refractivity contribution is -0.123. The van der Waals surface area contributed by atoms with Gasteiger partial charge in [0, 0.05) is 18.0 Å². The van der Waals surface area contributed by atoms with E-state index >= 15 is 0 Å². The fourth-order valence-electron chi connectivity index (χ4n) is 1.13. The molecule has 2 N–H and O–H groups in total. The Kier molecular flexibility index (Phi) is 1.91. The van der Waals surface area contributed by atoms with E-state index in [-0.39, 0.29) is 5.91 Å². The van der Waals surface area contributed by atoms with Crippen molar-refractivity contribution in [1.29, 1.82) is 0 Å². The Morgan fingerprint density at radius 1 is 1.46 bits per heavy atom. The van der Waals surface area contributed by atoms with Crippen LogP contribution in [0.2, 0.25) is 0 Å². The summed E-state index contributed by atoms with van der Waals surface area (Å²) >= 11 is 0. The molecule has 0 fully saturated rings. The van der Waals surface area contributed by atoms with Crippen molar-refractivity contribution in [2.75, 3.05) is 0 Å². The lowest BCUT2D eigenvalue weighted by Crippen LogP contribution is -2.43. The Morgan fingerprint density at radius 2 is 2.38 bits per heavy atom. The van der Waals surface area contributed by atoms with E-state index in [1.165, 1.54) is 6.34 Å². The maximum atomic E-state index is 11.3. The van der Waals surface area contributed by atoms with Crippen molar-refractivity contribution < 1.29 is 4.79 Å². The summed E-state index contributed by atoms with van der Waals surface area (Å²) in [5.41, 5.74) is 5.78. The Labute approximate surface area is 74.9 Å². The molecule has 1 aliphatic rings. The van der Waals surface area contributed by atoms with Crippen molar-refractivity contribution >= 4 is 12.2 Å². The lowest BCUT2D eigenvalue weighted by Gasteiger charge is -2.16. The molecule has 2 rings (SSSR count). The fourth-order valence-corrected chi connectivity index (χ4v) is 1.13. The maximum Gasteiger partial charge on any atom is 0.267 e. The Balaban J connectivity index is 2.30. The fraction of sp³-hybridized carbons (Fsp3) is 0.125. The normalized spacial score (nSPS) is 20.6. The third-order valence-corrected chi connectivity index (χ3v) is 1.73. The van der Waals surface area contributed by atoms with Gasteiger partial charge >= 0.3 is 0 Å². The van der Waals surface area contributed by atoms with E-state index in [1.54, 1.807) is 18.5 Å². The molecule has 1 atom stereocenters. The molecule has 0 aromatic carbocycles. The number of hydrogen-bond donors (Lipinski definition) is 2. The van der Waals surface area contributed by atoms with E-state index in [0.717, 1.165) is 5.56 Å². The predicted molar refractivity (Wildman–Crippen MR) is 46.7 cm³/mol. The Morgan fingerprint density at radius 3 is 3.08 bits per heavy atom. The zero-order valence-corrected chi connectivity index (χ0v) is 6.77. The molecule has 5 nitrogen and oxygen atoms in total. The van der Waals surface area contributed by atoms with Crippen LogP contribution in [0.15, 0.2) is 29.5 Å². The number of pyridine rings is 1. The standard InChI is InChI=1S/C8H8N4O/c13-8-7(10-5-11-12-8)6-2-1-3-9-4-6/h1-5,7H,(H,10,11)(H,12,13). The third kappa shape index (κ3) is 1.48. The number of aromatic nitrogens is 1. The van der Waals surface area contributed by atoms with Gasteiger partial charge in [-0.3, -0.25) is 25.6 Å².